The Bertz CT molecular complexity index is 651. The van der Waals surface area contributed by atoms with Gasteiger partial charge in [0.2, 0.25) is 5.95 Å². The molecule has 0 radical (unpaired) electrons. The van der Waals surface area contributed by atoms with Crippen LogP contribution in [0.15, 0.2) is 36.7 Å². The molecular formula is C18H21N3O. The van der Waals surface area contributed by atoms with Gasteiger partial charge < -0.3 is 4.90 Å². The topological polar surface area (TPSA) is 46.1 Å². The number of carbonyl (C=O) groups is 1. The van der Waals surface area contributed by atoms with Crippen molar-refractivity contribution in [3.05, 3.63) is 53.3 Å². The summed E-state index contributed by atoms with van der Waals surface area (Å²) in [5.41, 5.74) is 3.16. The number of carbonyl (C=O) groups excluding carboxylic acids is 1. The molecule has 0 aliphatic carbocycles. The fraction of sp³-hybridized carbons (Fsp3) is 0.389. The van der Waals surface area contributed by atoms with Crippen molar-refractivity contribution in [3.8, 4) is 0 Å². The minimum atomic E-state index is 0.0257. The van der Waals surface area contributed by atoms with Crippen LogP contribution in [0.2, 0.25) is 0 Å². The highest BCUT2D eigenvalue weighted by Gasteiger charge is 2.38. The Morgan fingerprint density at radius 2 is 1.91 bits per heavy atom. The first-order valence-corrected chi connectivity index (χ1v) is 7.71. The predicted molar refractivity (Wildman–Crippen MR) is 87.3 cm³/mol. The molecule has 1 unspecified atom stereocenters. The summed E-state index contributed by atoms with van der Waals surface area (Å²) in [7, 11) is 0. The molecule has 4 nitrogen and oxygen atoms in total. The molecule has 1 aromatic carbocycles. The lowest BCUT2D eigenvalue weighted by atomic mass is 9.90. The van der Waals surface area contributed by atoms with Gasteiger partial charge in [-0.05, 0) is 38.7 Å². The number of rotatable bonds is 4. The van der Waals surface area contributed by atoms with Crippen LogP contribution in [0.3, 0.4) is 0 Å². The molecule has 22 heavy (non-hydrogen) atoms. The zero-order valence-corrected chi connectivity index (χ0v) is 13.1. The van der Waals surface area contributed by atoms with Gasteiger partial charge in [-0.3, -0.25) is 4.79 Å². The van der Waals surface area contributed by atoms with Crippen LogP contribution >= 0.6 is 0 Å². The second-order valence-corrected chi connectivity index (χ2v) is 6.35. The second-order valence-electron chi connectivity index (χ2n) is 6.35. The lowest BCUT2D eigenvalue weighted by Gasteiger charge is -2.35. The number of hydrogen-bond acceptors (Lipinski definition) is 4. The van der Waals surface area contributed by atoms with E-state index in [9.17, 15) is 4.79 Å². The standard InChI is InChI=1S/C18H21N3O/c1-14-4-6-15(7-5-14)10-18(2)8-3-9-21(18)17-19-11-16(13-22)12-20-17/h4-7,11-13H,3,8-10H2,1-2H3. The van der Waals surface area contributed by atoms with Gasteiger partial charge in [0.1, 0.15) is 0 Å². The average molecular weight is 295 g/mol. The number of aldehydes is 1. The number of aryl methyl sites for hydroxylation is 1. The summed E-state index contributed by atoms with van der Waals surface area (Å²) in [4.78, 5) is 21.8. The van der Waals surface area contributed by atoms with Crippen LogP contribution < -0.4 is 4.90 Å². The van der Waals surface area contributed by atoms with E-state index in [1.165, 1.54) is 11.1 Å². The average Bonchev–Trinajstić information content (AvgIpc) is 2.91. The van der Waals surface area contributed by atoms with E-state index >= 15 is 0 Å². The highest BCUT2D eigenvalue weighted by Crippen LogP contribution is 2.34. The molecule has 114 valence electrons. The van der Waals surface area contributed by atoms with Crippen molar-refractivity contribution in [1.29, 1.82) is 0 Å². The van der Waals surface area contributed by atoms with Crippen molar-refractivity contribution in [2.24, 2.45) is 0 Å². The van der Waals surface area contributed by atoms with Crippen molar-refractivity contribution in [3.63, 3.8) is 0 Å². The quantitative estimate of drug-likeness (QED) is 0.813. The van der Waals surface area contributed by atoms with Crippen LogP contribution in [0.4, 0.5) is 5.95 Å². The molecule has 0 saturated carbocycles. The molecule has 0 amide bonds. The van der Waals surface area contributed by atoms with E-state index in [-0.39, 0.29) is 5.54 Å². The molecule has 1 aliphatic rings. The molecule has 3 rings (SSSR count). The molecule has 2 aromatic rings. The lowest BCUT2D eigenvalue weighted by molar-refractivity contribution is 0.112. The van der Waals surface area contributed by atoms with E-state index < -0.39 is 0 Å². The summed E-state index contributed by atoms with van der Waals surface area (Å²) in [6.07, 6.45) is 7.21. The van der Waals surface area contributed by atoms with Crippen LogP contribution in [0.1, 0.15) is 41.3 Å². The zero-order chi connectivity index (χ0) is 15.6. The third kappa shape index (κ3) is 2.86. The van der Waals surface area contributed by atoms with E-state index in [2.05, 4.69) is 53.0 Å². The molecule has 1 fully saturated rings. The third-order valence-electron chi connectivity index (χ3n) is 4.49. The van der Waals surface area contributed by atoms with Crippen LogP contribution in [-0.2, 0) is 6.42 Å². The van der Waals surface area contributed by atoms with Crippen molar-refractivity contribution < 1.29 is 4.79 Å². The van der Waals surface area contributed by atoms with Crippen molar-refractivity contribution >= 4 is 12.2 Å². The largest absolute Gasteiger partial charge is 0.335 e. The summed E-state index contributed by atoms with van der Waals surface area (Å²) in [5.74, 6) is 0.720. The molecule has 1 aromatic heterocycles. The number of hydrogen-bond donors (Lipinski definition) is 0. The van der Waals surface area contributed by atoms with Gasteiger partial charge in [0, 0.05) is 24.5 Å². The minimum Gasteiger partial charge on any atom is -0.335 e. The Kier molecular flexibility index (Phi) is 3.92. The summed E-state index contributed by atoms with van der Waals surface area (Å²) >= 11 is 0. The maximum atomic E-state index is 10.7. The summed E-state index contributed by atoms with van der Waals surface area (Å²) in [6, 6.07) is 8.72. The van der Waals surface area contributed by atoms with Crippen molar-refractivity contribution in [1.82, 2.24) is 9.97 Å². The molecule has 0 bridgehead atoms. The molecule has 1 atom stereocenters. The van der Waals surface area contributed by atoms with Gasteiger partial charge in [-0.15, -0.1) is 0 Å². The first-order valence-electron chi connectivity index (χ1n) is 7.71. The fourth-order valence-corrected chi connectivity index (χ4v) is 3.23. The van der Waals surface area contributed by atoms with E-state index in [1.807, 2.05) is 0 Å². The molecule has 0 N–H and O–H groups in total. The smallest absolute Gasteiger partial charge is 0.225 e. The minimum absolute atomic E-state index is 0.0257. The monoisotopic (exact) mass is 295 g/mol. The molecule has 1 aliphatic heterocycles. The molecule has 1 saturated heterocycles. The number of anilines is 1. The van der Waals surface area contributed by atoms with Gasteiger partial charge in [0.25, 0.3) is 0 Å². The summed E-state index contributed by atoms with van der Waals surface area (Å²) in [6.45, 7) is 5.34. The van der Waals surface area contributed by atoms with Crippen molar-refractivity contribution in [2.75, 3.05) is 11.4 Å². The van der Waals surface area contributed by atoms with E-state index in [1.54, 1.807) is 12.4 Å². The molecule has 0 spiro atoms. The Labute approximate surface area is 131 Å². The Hall–Kier alpha value is -2.23. The van der Waals surface area contributed by atoms with Crippen LogP contribution in [0, 0.1) is 6.92 Å². The number of nitrogens with zero attached hydrogens (tertiary/aromatic N) is 3. The van der Waals surface area contributed by atoms with Gasteiger partial charge in [-0.25, -0.2) is 9.97 Å². The highest BCUT2D eigenvalue weighted by molar-refractivity contribution is 5.73. The van der Waals surface area contributed by atoms with Crippen LogP contribution in [0.25, 0.3) is 0 Å². The SMILES string of the molecule is Cc1ccc(CC2(C)CCCN2c2ncc(C=O)cn2)cc1. The predicted octanol–water partition coefficient (Wildman–Crippen LogP) is 3.20. The Balaban J connectivity index is 1.83. The lowest BCUT2D eigenvalue weighted by Crippen LogP contribution is -2.44. The Morgan fingerprint density at radius 3 is 2.55 bits per heavy atom. The Morgan fingerprint density at radius 1 is 1.23 bits per heavy atom. The van der Waals surface area contributed by atoms with Crippen molar-refractivity contribution in [2.45, 2.75) is 38.6 Å². The van der Waals surface area contributed by atoms with Gasteiger partial charge in [-0.1, -0.05) is 29.8 Å². The maximum absolute atomic E-state index is 10.7. The van der Waals surface area contributed by atoms with Gasteiger partial charge in [0.05, 0.1) is 5.56 Å². The second kappa shape index (κ2) is 5.87. The highest BCUT2D eigenvalue weighted by atomic mass is 16.1. The number of aromatic nitrogens is 2. The van der Waals surface area contributed by atoms with E-state index in [0.29, 0.717) is 5.56 Å². The fourth-order valence-electron chi connectivity index (χ4n) is 3.23. The summed E-state index contributed by atoms with van der Waals surface area (Å²) < 4.78 is 0. The molecular weight excluding hydrogens is 274 g/mol. The van der Waals surface area contributed by atoms with E-state index in [0.717, 1.165) is 38.0 Å². The first-order chi connectivity index (χ1) is 10.6. The maximum Gasteiger partial charge on any atom is 0.225 e. The molecule has 2 heterocycles. The number of benzene rings is 1. The van der Waals surface area contributed by atoms with Gasteiger partial charge >= 0.3 is 0 Å². The normalized spacial score (nSPS) is 21.1. The van der Waals surface area contributed by atoms with Crippen LogP contribution in [-0.4, -0.2) is 28.3 Å². The van der Waals surface area contributed by atoms with Crippen LogP contribution in [0.5, 0.6) is 0 Å². The van der Waals surface area contributed by atoms with E-state index in [4.69, 9.17) is 0 Å². The summed E-state index contributed by atoms with van der Waals surface area (Å²) in [5, 5.41) is 0. The van der Waals surface area contributed by atoms with Gasteiger partial charge in [0.15, 0.2) is 6.29 Å². The van der Waals surface area contributed by atoms with Gasteiger partial charge in [-0.2, -0.15) is 0 Å². The zero-order valence-electron chi connectivity index (χ0n) is 13.1. The first kappa shape index (κ1) is 14.7. The molecule has 4 heteroatoms. The third-order valence-corrected chi connectivity index (χ3v) is 4.49.